The second kappa shape index (κ2) is 6.02. The lowest BCUT2D eigenvalue weighted by molar-refractivity contribution is -0.138. The minimum atomic E-state index is -2.91. The van der Waals surface area contributed by atoms with E-state index in [-0.39, 0.29) is 23.5 Å². The molecule has 20 heavy (non-hydrogen) atoms. The summed E-state index contributed by atoms with van der Waals surface area (Å²) in [5.41, 5.74) is 0. The summed E-state index contributed by atoms with van der Waals surface area (Å²) in [7, 11) is -2.91. The van der Waals surface area contributed by atoms with Crippen molar-refractivity contribution in [3.8, 4) is 0 Å². The average Bonchev–Trinajstić information content (AvgIpc) is 2.32. The van der Waals surface area contributed by atoms with E-state index in [2.05, 4.69) is 13.8 Å². The molecule has 2 heterocycles. The van der Waals surface area contributed by atoms with Gasteiger partial charge in [-0.05, 0) is 40.0 Å². The van der Waals surface area contributed by atoms with E-state index in [0.29, 0.717) is 25.2 Å². The molecule has 0 bridgehead atoms. The highest BCUT2D eigenvalue weighted by molar-refractivity contribution is 7.91. The molecule has 3 atom stereocenters. The van der Waals surface area contributed by atoms with Gasteiger partial charge in [-0.25, -0.2) is 8.42 Å². The smallest absolute Gasteiger partial charge is 0.237 e. The summed E-state index contributed by atoms with van der Waals surface area (Å²) in [4.78, 5) is 16.5. The van der Waals surface area contributed by atoms with Crippen molar-refractivity contribution in [2.24, 2.45) is 0 Å². The number of sulfone groups is 1. The van der Waals surface area contributed by atoms with Crippen molar-refractivity contribution in [2.45, 2.75) is 58.2 Å². The molecule has 2 aliphatic heterocycles. The van der Waals surface area contributed by atoms with Crippen LogP contribution in [0, 0.1) is 0 Å². The molecule has 1 amide bonds. The molecule has 2 rings (SSSR count). The second-order valence-electron chi connectivity index (χ2n) is 6.36. The standard InChI is InChI=1S/C14H26N2O3S/c1-11-5-4-6-12(2)16(11)14(17)9-15-7-8-20(18,19)10-13(15)3/h11-13H,4-10H2,1-3H3/t11-,12+,13-/m0/s1. The number of rotatable bonds is 2. The van der Waals surface area contributed by atoms with Crippen LogP contribution in [0.3, 0.4) is 0 Å². The molecule has 2 aliphatic rings. The Morgan fingerprint density at radius 1 is 1.10 bits per heavy atom. The van der Waals surface area contributed by atoms with Crippen LogP contribution < -0.4 is 0 Å². The van der Waals surface area contributed by atoms with E-state index in [0.717, 1.165) is 12.8 Å². The van der Waals surface area contributed by atoms with Gasteiger partial charge in [0.25, 0.3) is 0 Å². The first-order valence-electron chi connectivity index (χ1n) is 7.56. The Balaban J connectivity index is 1.97. The third-order valence-electron chi connectivity index (χ3n) is 4.63. The highest BCUT2D eigenvalue weighted by Gasteiger charge is 2.33. The maximum Gasteiger partial charge on any atom is 0.237 e. The normalized spacial score (nSPS) is 35.0. The highest BCUT2D eigenvalue weighted by atomic mass is 32.2. The van der Waals surface area contributed by atoms with Crippen molar-refractivity contribution in [2.75, 3.05) is 24.6 Å². The zero-order valence-electron chi connectivity index (χ0n) is 12.7. The van der Waals surface area contributed by atoms with Gasteiger partial charge in [0.15, 0.2) is 9.84 Å². The molecule has 0 N–H and O–H groups in total. The Morgan fingerprint density at radius 3 is 2.25 bits per heavy atom. The predicted octanol–water partition coefficient (Wildman–Crippen LogP) is 0.895. The molecule has 116 valence electrons. The van der Waals surface area contributed by atoms with Crippen LogP contribution in [-0.2, 0) is 14.6 Å². The van der Waals surface area contributed by atoms with Gasteiger partial charge >= 0.3 is 0 Å². The van der Waals surface area contributed by atoms with Crippen LogP contribution >= 0.6 is 0 Å². The molecule has 2 saturated heterocycles. The summed E-state index contributed by atoms with van der Waals surface area (Å²) < 4.78 is 23.2. The summed E-state index contributed by atoms with van der Waals surface area (Å²) >= 11 is 0. The lowest BCUT2D eigenvalue weighted by atomic mass is 9.97. The Kier molecular flexibility index (Phi) is 4.74. The SMILES string of the molecule is C[C@@H]1CCC[C@H](C)N1C(=O)CN1CCS(=O)(=O)C[C@@H]1C. The molecular weight excluding hydrogens is 276 g/mol. The van der Waals surface area contributed by atoms with Gasteiger partial charge in [-0.2, -0.15) is 0 Å². The minimum Gasteiger partial charge on any atom is -0.336 e. The van der Waals surface area contributed by atoms with Crippen LogP contribution in [0.25, 0.3) is 0 Å². The summed E-state index contributed by atoms with van der Waals surface area (Å²) in [6, 6.07) is 0.540. The fraction of sp³-hybridized carbons (Fsp3) is 0.929. The van der Waals surface area contributed by atoms with Crippen LogP contribution in [0.2, 0.25) is 0 Å². The molecule has 0 spiro atoms. The first-order chi connectivity index (χ1) is 9.30. The van der Waals surface area contributed by atoms with Crippen LogP contribution in [-0.4, -0.2) is 66.8 Å². The number of nitrogens with zero attached hydrogens (tertiary/aromatic N) is 2. The van der Waals surface area contributed by atoms with Gasteiger partial charge in [-0.1, -0.05) is 0 Å². The van der Waals surface area contributed by atoms with Crippen molar-refractivity contribution < 1.29 is 13.2 Å². The lowest BCUT2D eigenvalue weighted by Gasteiger charge is -2.41. The van der Waals surface area contributed by atoms with E-state index in [1.54, 1.807) is 0 Å². The van der Waals surface area contributed by atoms with Crippen molar-refractivity contribution >= 4 is 15.7 Å². The highest BCUT2D eigenvalue weighted by Crippen LogP contribution is 2.23. The third kappa shape index (κ3) is 3.52. The Bertz CT molecular complexity index is 453. The van der Waals surface area contributed by atoms with Crippen LogP contribution in [0.15, 0.2) is 0 Å². The van der Waals surface area contributed by atoms with E-state index >= 15 is 0 Å². The molecule has 6 heteroatoms. The van der Waals surface area contributed by atoms with E-state index in [1.807, 2.05) is 16.7 Å². The number of carbonyl (C=O) groups excluding carboxylic acids is 1. The molecule has 0 aromatic rings. The topological polar surface area (TPSA) is 57.7 Å². The quantitative estimate of drug-likeness (QED) is 0.760. The molecule has 2 fully saturated rings. The second-order valence-corrected chi connectivity index (χ2v) is 8.59. The summed E-state index contributed by atoms with van der Waals surface area (Å²) in [5, 5.41) is 0. The van der Waals surface area contributed by atoms with Gasteiger partial charge in [0.2, 0.25) is 5.91 Å². The van der Waals surface area contributed by atoms with Gasteiger partial charge in [0.1, 0.15) is 0 Å². The van der Waals surface area contributed by atoms with Gasteiger partial charge in [0, 0.05) is 24.7 Å². The van der Waals surface area contributed by atoms with Crippen molar-refractivity contribution in [3.63, 3.8) is 0 Å². The van der Waals surface area contributed by atoms with E-state index < -0.39 is 9.84 Å². The summed E-state index contributed by atoms with van der Waals surface area (Å²) in [6.07, 6.45) is 3.32. The van der Waals surface area contributed by atoms with E-state index in [9.17, 15) is 13.2 Å². The van der Waals surface area contributed by atoms with Gasteiger partial charge in [-0.3, -0.25) is 9.69 Å². The number of likely N-dealkylation sites (tertiary alicyclic amines) is 1. The molecule has 0 unspecified atom stereocenters. The molecule has 0 aliphatic carbocycles. The molecule has 0 aromatic carbocycles. The maximum atomic E-state index is 12.5. The zero-order valence-corrected chi connectivity index (χ0v) is 13.5. The summed E-state index contributed by atoms with van der Waals surface area (Å²) in [5.74, 6) is 0.497. The molecule has 0 radical (unpaired) electrons. The van der Waals surface area contributed by atoms with Crippen LogP contribution in [0.4, 0.5) is 0 Å². The molecule has 0 aromatic heterocycles. The van der Waals surface area contributed by atoms with Crippen molar-refractivity contribution in [1.82, 2.24) is 9.80 Å². The lowest BCUT2D eigenvalue weighted by Crippen LogP contribution is -2.55. The van der Waals surface area contributed by atoms with Crippen molar-refractivity contribution in [1.29, 1.82) is 0 Å². The number of hydrogen-bond acceptors (Lipinski definition) is 4. The van der Waals surface area contributed by atoms with Gasteiger partial charge in [-0.15, -0.1) is 0 Å². The third-order valence-corrected chi connectivity index (χ3v) is 6.42. The largest absolute Gasteiger partial charge is 0.336 e. The van der Waals surface area contributed by atoms with E-state index in [4.69, 9.17) is 0 Å². The minimum absolute atomic E-state index is 0.0619. The predicted molar refractivity (Wildman–Crippen MR) is 79.3 cm³/mol. The Morgan fingerprint density at radius 2 is 1.70 bits per heavy atom. The Hall–Kier alpha value is -0.620. The fourth-order valence-corrected chi connectivity index (χ4v) is 5.06. The van der Waals surface area contributed by atoms with Crippen LogP contribution in [0.5, 0.6) is 0 Å². The maximum absolute atomic E-state index is 12.5. The van der Waals surface area contributed by atoms with E-state index in [1.165, 1.54) is 6.42 Å². The Labute approximate surface area is 122 Å². The average molecular weight is 302 g/mol. The summed E-state index contributed by atoms with van der Waals surface area (Å²) in [6.45, 7) is 6.94. The number of amides is 1. The van der Waals surface area contributed by atoms with Gasteiger partial charge < -0.3 is 4.90 Å². The van der Waals surface area contributed by atoms with Crippen molar-refractivity contribution in [3.05, 3.63) is 0 Å². The monoisotopic (exact) mass is 302 g/mol. The van der Waals surface area contributed by atoms with Crippen LogP contribution in [0.1, 0.15) is 40.0 Å². The zero-order chi connectivity index (χ0) is 14.9. The number of carbonyl (C=O) groups is 1. The molecule has 5 nitrogen and oxygen atoms in total. The number of hydrogen-bond donors (Lipinski definition) is 0. The first kappa shape index (κ1) is 15.8. The number of piperidine rings is 1. The molecular formula is C14H26N2O3S. The first-order valence-corrected chi connectivity index (χ1v) is 9.38. The van der Waals surface area contributed by atoms with Gasteiger partial charge in [0.05, 0.1) is 18.1 Å². The fourth-order valence-electron chi connectivity index (χ4n) is 3.44. The molecule has 0 saturated carbocycles.